The van der Waals surface area contributed by atoms with Crippen molar-refractivity contribution in [2.45, 2.75) is 26.4 Å². The molecule has 20 heavy (non-hydrogen) atoms. The minimum Gasteiger partial charge on any atom is -0.387 e. The van der Waals surface area contributed by atoms with Crippen molar-refractivity contribution < 1.29 is 5.11 Å². The van der Waals surface area contributed by atoms with Gasteiger partial charge in [0.25, 0.3) is 0 Å². The molecule has 0 amide bonds. The van der Waals surface area contributed by atoms with Crippen molar-refractivity contribution in [2.24, 2.45) is 0 Å². The molecule has 3 nitrogen and oxygen atoms in total. The molecule has 0 radical (unpaired) electrons. The highest BCUT2D eigenvalue weighted by Gasteiger charge is 2.19. The van der Waals surface area contributed by atoms with Crippen LogP contribution in [-0.2, 0) is 0 Å². The number of benzene rings is 1. The number of aliphatic hydroxyl groups is 1. The van der Waals surface area contributed by atoms with Crippen LogP contribution in [0.1, 0.15) is 30.7 Å². The zero-order valence-corrected chi connectivity index (χ0v) is 11.7. The fourth-order valence-electron chi connectivity index (χ4n) is 2.45. The summed E-state index contributed by atoms with van der Waals surface area (Å²) in [6.45, 7) is 4.04. The second kappa shape index (κ2) is 5.10. The second-order valence-corrected chi connectivity index (χ2v) is 5.06. The Balaban J connectivity index is 2.26. The summed E-state index contributed by atoms with van der Waals surface area (Å²) < 4.78 is 1.98. The zero-order chi connectivity index (χ0) is 14.1. The maximum atomic E-state index is 10.4. The van der Waals surface area contributed by atoms with Crippen molar-refractivity contribution >= 4 is 5.65 Å². The highest BCUT2D eigenvalue weighted by molar-refractivity contribution is 5.67. The van der Waals surface area contributed by atoms with Gasteiger partial charge in [-0.3, -0.25) is 0 Å². The molecule has 1 unspecified atom stereocenters. The van der Waals surface area contributed by atoms with Crippen molar-refractivity contribution in [1.82, 2.24) is 9.38 Å². The van der Waals surface area contributed by atoms with Crippen molar-refractivity contribution in [2.75, 3.05) is 0 Å². The molecule has 1 aromatic carbocycles. The Morgan fingerprint density at radius 3 is 2.60 bits per heavy atom. The fourth-order valence-corrected chi connectivity index (χ4v) is 2.45. The number of pyridine rings is 1. The molecule has 0 fully saturated rings. The number of fused-ring (bicyclic) bond motifs is 1. The van der Waals surface area contributed by atoms with Gasteiger partial charge in [0.15, 0.2) is 0 Å². The lowest BCUT2D eigenvalue weighted by Gasteiger charge is -2.10. The Kier molecular flexibility index (Phi) is 3.28. The van der Waals surface area contributed by atoms with E-state index in [1.165, 1.54) is 5.56 Å². The molecule has 3 aromatic rings. The lowest BCUT2D eigenvalue weighted by molar-refractivity contribution is 0.168. The third kappa shape index (κ3) is 2.10. The van der Waals surface area contributed by atoms with Gasteiger partial charge >= 0.3 is 0 Å². The summed E-state index contributed by atoms with van der Waals surface area (Å²) in [6.07, 6.45) is 2.11. The first-order valence-electron chi connectivity index (χ1n) is 6.92. The van der Waals surface area contributed by atoms with E-state index >= 15 is 0 Å². The molecule has 1 atom stereocenters. The van der Waals surface area contributed by atoms with Gasteiger partial charge in [-0.2, -0.15) is 0 Å². The molecule has 102 valence electrons. The van der Waals surface area contributed by atoms with E-state index in [9.17, 15) is 5.11 Å². The third-order valence-corrected chi connectivity index (χ3v) is 3.59. The quantitative estimate of drug-likeness (QED) is 0.784. The SMILES string of the molecule is CCC(O)c1c(-c2ccc(C)cc2)nc2ccccn12. The van der Waals surface area contributed by atoms with E-state index in [4.69, 9.17) is 0 Å². The molecular weight excluding hydrogens is 248 g/mol. The lowest BCUT2D eigenvalue weighted by atomic mass is 10.0. The van der Waals surface area contributed by atoms with Crippen molar-refractivity contribution in [1.29, 1.82) is 0 Å². The summed E-state index contributed by atoms with van der Waals surface area (Å²) in [4.78, 5) is 4.68. The van der Waals surface area contributed by atoms with Gasteiger partial charge in [-0.25, -0.2) is 4.98 Å². The Hall–Kier alpha value is -2.13. The van der Waals surface area contributed by atoms with Gasteiger partial charge in [-0.1, -0.05) is 42.8 Å². The highest BCUT2D eigenvalue weighted by atomic mass is 16.3. The van der Waals surface area contributed by atoms with E-state index in [1.807, 2.05) is 35.7 Å². The maximum absolute atomic E-state index is 10.4. The number of aryl methyl sites for hydroxylation is 1. The number of aliphatic hydroxyl groups excluding tert-OH is 1. The summed E-state index contributed by atoms with van der Waals surface area (Å²) >= 11 is 0. The van der Waals surface area contributed by atoms with E-state index < -0.39 is 6.10 Å². The molecule has 3 rings (SSSR count). The van der Waals surface area contributed by atoms with Gasteiger partial charge in [0, 0.05) is 11.8 Å². The van der Waals surface area contributed by atoms with Crippen LogP contribution >= 0.6 is 0 Å². The molecular formula is C17H18N2O. The smallest absolute Gasteiger partial charge is 0.137 e. The molecule has 0 spiro atoms. The van der Waals surface area contributed by atoms with Crippen LogP contribution in [0.2, 0.25) is 0 Å². The van der Waals surface area contributed by atoms with Gasteiger partial charge < -0.3 is 9.51 Å². The number of hydrogen-bond acceptors (Lipinski definition) is 2. The monoisotopic (exact) mass is 266 g/mol. The zero-order valence-electron chi connectivity index (χ0n) is 11.7. The Bertz CT molecular complexity index is 728. The van der Waals surface area contributed by atoms with E-state index in [0.717, 1.165) is 22.6 Å². The minimum atomic E-state index is -0.510. The van der Waals surface area contributed by atoms with Gasteiger partial charge in [-0.05, 0) is 25.5 Å². The predicted molar refractivity (Wildman–Crippen MR) is 80.6 cm³/mol. The topological polar surface area (TPSA) is 37.5 Å². The molecule has 0 saturated carbocycles. The van der Waals surface area contributed by atoms with Crippen LogP contribution in [-0.4, -0.2) is 14.5 Å². The first-order valence-corrected chi connectivity index (χ1v) is 6.92. The van der Waals surface area contributed by atoms with E-state index in [2.05, 4.69) is 36.2 Å². The number of imidazole rings is 1. The molecule has 2 heterocycles. The van der Waals surface area contributed by atoms with Crippen molar-refractivity contribution in [3.8, 4) is 11.3 Å². The predicted octanol–water partition coefficient (Wildman–Crippen LogP) is 3.75. The van der Waals surface area contributed by atoms with Crippen molar-refractivity contribution in [3.63, 3.8) is 0 Å². The lowest BCUT2D eigenvalue weighted by Crippen LogP contribution is -2.02. The first kappa shape index (κ1) is 12.9. The number of nitrogens with zero attached hydrogens (tertiary/aromatic N) is 2. The number of hydrogen-bond donors (Lipinski definition) is 1. The molecule has 0 aliphatic rings. The molecule has 0 bridgehead atoms. The summed E-state index contributed by atoms with van der Waals surface area (Å²) in [5.41, 5.74) is 4.86. The average Bonchev–Trinajstić information content (AvgIpc) is 2.86. The Labute approximate surface area is 118 Å². The molecule has 0 aliphatic carbocycles. The average molecular weight is 266 g/mol. The molecule has 0 saturated heterocycles. The molecule has 3 heteroatoms. The summed E-state index contributed by atoms with van der Waals surface area (Å²) in [7, 11) is 0. The maximum Gasteiger partial charge on any atom is 0.137 e. The molecule has 2 aromatic heterocycles. The fraction of sp³-hybridized carbons (Fsp3) is 0.235. The number of aromatic nitrogens is 2. The van der Waals surface area contributed by atoms with E-state index in [1.54, 1.807) is 0 Å². The summed E-state index contributed by atoms with van der Waals surface area (Å²) in [6, 6.07) is 14.1. The summed E-state index contributed by atoms with van der Waals surface area (Å²) in [5.74, 6) is 0. The Morgan fingerprint density at radius 2 is 1.90 bits per heavy atom. The first-order chi connectivity index (χ1) is 9.70. The van der Waals surface area contributed by atoms with Crippen LogP contribution < -0.4 is 0 Å². The minimum absolute atomic E-state index is 0.510. The van der Waals surface area contributed by atoms with Crippen LogP contribution in [0.25, 0.3) is 16.9 Å². The number of rotatable bonds is 3. The Morgan fingerprint density at radius 1 is 1.15 bits per heavy atom. The van der Waals surface area contributed by atoms with Crippen molar-refractivity contribution in [3.05, 3.63) is 59.9 Å². The van der Waals surface area contributed by atoms with Crippen LogP contribution in [0.4, 0.5) is 0 Å². The van der Waals surface area contributed by atoms with Crippen LogP contribution in [0.15, 0.2) is 48.7 Å². The normalized spacial score (nSPS) is 12.8. The van der Waals surface area contributed by atoms with Gasteiger partial charge in [0.05, 0.1) is 17.5 Å². The van der Waals surface area contributed by atoms with Crippen LogP contribution in [0.5, 0.6) is 0 Å². The van der Waals surface area contributed by atoms with E-state index in [-0.39, 0.29) is 0 Å². The second-order valence-electron chi connectivity index (χ2n) is 5.06. The molecule has 1 N–H and O–H groups in total. The largest absolute Gasteiger partial charge is 0.387 e. The highest BCUT2D eigenvalue weighted by Crippen LogP contribution is 2.30. The third-order valence-electron chi connectivity index (χ3n) is 3.59. The van der Waals surface area contributed by atoms with Gasteiger partial charge in [0.1, 0.15) is 5.65 Å². The van der Waals surface area contributed by atoms with Crippen LogP contribution in [0, 0.1) is 6.92 Å². The van der Waals surface area contributed by atoms with Gasteiger partial charge in [0.2, 0.25) is 0 Å². The van der Waals surface area contributed by atoms with E-state index in [0.29, 0.717) is 6.42 Å². The standard InChI is InChI=1S/C17H18N2O/c1-3-14(20)17-16(13-9-7-12(2)8-10-13)18-15-6-4-5-11-19(15)17/h4-11,14,20H,3H2,1-2H3. The molecule has 0 aliphatic heterocycles. The summed E-state index contributed by atoms with van der Waals surface area (Å²) in [5, 5.41) is 10.4. The van der Waals surface area contributed by atoms with Crippen LogP contribution in [0.3, 0.4) is 0 Å². The van der Waals surface area contributed by atoms with Gasteiger partial charge in [-0.15, -0.1) is 0 Å².